The summed E-state index contributed by atoms with van der Waals surface area (Å²) in [4.78, 5) is 28.3. The lowest BCUT2D eigenvalue weighted by Crippen LogP contribution is -2.15. The number of thiazole rings is 1. The van der Waals surface area contributed by atoms with Gasteiger partial charge in [-0.2, -0.15) is 5.10 Å². The number of aryl methyl sites for hydroxylation is 1. The summed E-state index contributed by atoms with van der Waals surface area (Å²) in [7, 11) is 0. The van der Waals surface area contributed by atoms with E-state index < -0.39 is 0 Å². The maximum absolute atomic E-state index is 12.4. The summed E-state index contributed by atoms with van der Waals surface area (Å²) in [5.41, 5.74) is 3.96. The molecule has 1 aromatic carbocycles. The highest BCUT2D eigenvalue weighted by Gasteiger charge is 2.16. The Hall–Kier alpha value is -2.65. The molecular weight excluding hydrogens is 408 g/mol. The number of carbonyl (C=O) groups excluding carboxylic acids is 2. The Bertz CT molecular complexity index is 999. The Kier molecular flexibility index (Phi) is 7.05. The van der Waals surface area contributed by atoms with Crippen molar-refractivity contribution in [1.29, 1.82) is 0 Å². The van der Waals surface area contributed by atoms with Crippen molar-refractivity contribution < 1.29 is 14.3 Å². The van der Waals surface area contributed by atoms with Gasteiger partial charge in [0.25, 0.3) is 0 Å². The topological polar surface area (TPSA) is 86.1 Å². The van der Waals surface area contributed by atoms with Crippen LogP contribution in [-0.4, -0.2) is 39.0 Å². The Balaban J connectivity index is 1.59. The molecule has 9 heteroatoms. The highest BCUT2D eigenvalue weighted by atomic mass is 32.2. The number of hydrogen-bond donors (Lipinski definition) is 1. The molecule has 29 heavy (non-hydrogen) atoms. The van der Waals surface area contributed by atoms with E-state index >= 15 is 0 Å². The molecule has 2 aromatic heterocycles. The number of benzene rings is 1. The Morgan fingerprint density at radius 3 is 2.72 bits per heavy atom. The number of aromatic nitrogens is 3. The van der Waals surface area contributed by atoms with Crippen molar-refractivity contribution in [1.82, 2.24) is 14.8 Å². The number of thioether (sulfide) groups is 1. The third-order valence-corrected chi connectivity index (χ3v) is 6.11. The van der Waals surface area contributed by atoms with Gasteiger partial charge < -0.3 is 10.1 Å². The average molecular weight is 431 g/mol. The van der Waals surface area contributed by atoms with Crippen molar-refractivity contribution in [3.63, 3.8) is 0 Å². The van der Waals surface area contributed by atoms with E-state index in [1.807, 2.05) is 54.2 Å². The lowest BCUT2D eigenvalue weighted by Gasteiger charge is -2.06. The standard InChI is InChI=1S/C20H22N4O3S2/c1-4-27-18(26)10-15-11-28-20(21-15)29-12-17(25)22-19-13(2)23-24(14(19)3)16-8-6-5-7-9-16/h5-9,11H,4,10,12H2,1-3H3,(H,22,25). The highest BCUT2D eigenvalue weighted by molar-refractivity contribution is 8.01. The number of nitrogens with one attached hydrogen (secondary N) is 1. The highest BCUT2D eigenvalue weighted by Crippen LogP contribution is 2.25. The van der Waals surface area contributed by atoms with Crippen LogP contribution in [0.15, 0.2) is 40.1 Å². The Morgan fingerprint density at radius 2 is 2.00 bits per heavy atom. The van der Waals surface area contributed by atoms with Gasteiger partial charge in [-0.05, 0) is 32.9 Å². The van der Waals surface area contributed by atoms with E-state index in [1.54, 1.807) is 6.92 Å². The molecule has 3 aromatic rings. The van der Waals surface area contributed by atoms with Crippen LogP contribution in [0.2, 0.25) is 0 Å². The number of anilines is 1. The molecule has 0 radical (unpaired) electrons. The van der Waals surface area contributed by atoms with Crippen LogP contribution in [0.25, 0.3) is 5.69 Å². The van der Waals surface area contributed by atoms with E-state index in [-0.39, 0.29) is 24.1 Å². The van der Waals surface area contributed by atoms with Crippen molar-refractivity contribution in [2.24, 2.45) is 0 Å². The minimum absolute atomic E-state index is 0.129. The summed E-state index contributed by atoms with van der Waals surface area (Å²) in [6.45, 7) is 5.92. The van der Waals surface area contributed by atoms with Crippen molar-refractivity contribution in [2.45, 2.75) is 31.5 Å². The first-order chi connectivity index (χ1) is 14.0. The molecular formula is C20H22N4O3S2. The normalized spacial score (nSPS) is 10.7. The summed E-state index contributed by atoms with van der Waals surface area (Å²) in [5, 5.41) is 9.31. The van der Waals surface area contributed by atoms with Crippen molar-refractivity contribution >= 4 is 40.7 Å². The maximum atomic E-state index is 12.4. The molecule has 0 atom stereocenters. The third kappa shape index (κ3) is 5.45. The molecule has 0 bridgehead atoms. The summed E-state index contributed by atoms with van der Waals surface area (Å²) in [6.07, 6.45) is 0.147. The fraction of sp³-hybridized carbons (Fsp3) is 0.300. The van der Waals surface area contributed by atoms with E-state index in [1.165, 1.54) is 23.1 Å². The molecule has 7 nitrogen and oxygen atoms in total. The number of hydrogen-bond acceptors (Lipinski definition) is 7. The first-order valence-corrected chi connectivity index (χ1v) is 11.0. The van der Waals surface area contributed by atoms with Crippen LogP contribution in [0.4, 0.5) is 5.69 Å². The lowest BCUT2D eigenvalue weighted by atomic mass is 10.3. The number of carbonyl (C=O) groups is 2. The van der Waals surface area contributed by atoms with Crippen LogP contribution in [0.1, 0.15) is 24.0 Å². The van der Waals surface area contributed by atoms with Gasteiger partial charge in [0.1, 0.15) is 0 Å². The zero-order valence-corrected chi connectivity index (χ0v) is 18.1. The predicted molar refractivity (Wildman–Crippen MR) is 115 cm³/mol. The molecule has 2 heterocycles. The monoisotopic (exact) mass is 430 g/mol. The van der Waals surface area contributed by atoms with Gasteiger partial charge >= 0.3 is 5.97 Å². The van der Waals surface area contributed by atoms with Crippen molar-refractivity contribution in [3.05, 3.63) is 52.8 Å². The first kappa shape index (κ1) is 21.1. The van der Waals surface area contributed by atoms with Gasteiger partial charge in [0.2, 0.25) is 5.91 Å². The predicted octanol–water partition coefficient (Wildman–Crippen LogP) is 3.78. The van der Waals surface area contributed by atoms with Crippen LogP contribution in [0.5, 0.6) is 0 Å². The van der Waals surface area contributed by atoms with Crippen molar-refractivity contribution in [3.8, 4) is 5.69 Å². The molecule has 0 spiro atoms. The zero-order valence-electron chi connectivity index (χ0n) is 16.5. The van der Waals surface area contributed by atoms with Gasteiger partial charge in [0.05, 0.1) is 47.2 Å². The molecule has 1 N–H and O–H groups in total. The van der Waals surface area contributed by atoms with Gasteiger partial charge in [-0.3, -0.25) is 9.59 Å². The molecule has 0 aliphatic rings. The molecule has 152 valence electrons. The quantitative estimate of drug-likeness (QED) is 0.432. The summed E-state index contributed by atoms with van der Waals surface area (Å²) < 4.78 is 7.49. The molecule has 0 aliphatic heterocycles. The largest absolute Gasteiger partial charge is 0.466 e. The fourth-order valence-corrected chi connectivity index (χ4v) is 4.39. The first-order valence-electron chi connectivity index (χ1n) is 9.12. The number of nitrogens with zero attached hydrogens (tertiary/aromatic N) is 3. The average Bonchev–Trinajstić information content (AvgIpc) is 3.26. The van der Waals surface area contributed by atoms with Crippen molar-refractivity contribution in [2.75, 3.05) is 17.7 Å². The second-order valence-corrected chi connectivity index (χ2v) is 8.30. The molecule has 0 saturated carbocycles. The molecule has 1 amide bonds. The maximum Gasteiger partial charge on any atom is 0.311 e. The molecule has 3 rings (SSSR count). The number of amides is 1. The second-order valence-electron chi connectivity index (χ2n) is 6.22. The summed E-state index contributed by atoms with van der Waals surface area (Å²) >= 11 is 2.75. The van der Waals surface area contributed by atoms with Crippen LogP contribution in [0, 0.1) is 13.8 Å². The molecule has 0 aliphatic carbocycles. The van der Waals surface area contributed by atoms with E-state index in [0.717, 1.165) is 27.1 Å². The van der Waals surface area contributed by atoms with Gasteiger partial charge in [0.15, 0.2) is 4.34 Å². The van der Waals surface area contributed by atoms with Gasteiger partial charge in [-0.25, -0.2) is 9.67 Å². The second kappa shape index (κ2) is 9.71. The van der Waals surface area contributed by atoms with Crippen LogP contribution in [0.3, 0.4) is 0 Å². The van der Waals surface area contributed by atoms with Gasteiger partial charge in [-0.15, -0.1) is 11.3 Å². The van der Waals surface area contributed by atoms with E-state index in [9.17, 15) is 9.59 Å². The van der Waals surface area contributed by atoms with E-state index in [2.05, 4.69) is 15.4 Å². The van der Waals surface area contributed by atoms with Crippen LogP contribution >= 0.6 is 23.1 Å². The minimum Gasteiger partial charge on any atom is -0.466 e. The van der Waals surface area contributed by atoms with E-state index in [0.29, 0.717) is 12.3 Å². The molecule has 0 saturated heterocycles. The van der Waals surface area contributed by atoms with Gasteiger partial charge in [0, 0.05) is 5.38 Å². The number of rotatable bonds is 8. The van der Waals surface area contributed by atoms with Gasteiger partial charge in [-0.1, -0.05) is 30.0 Å². The number of esters is 1. The van der Waals surface area contributed by atoms with Crippen LogP contribution in [-0.2, 0) is 20.7 Å². The Labute approximate surface area is 177 Å². The number of para-hydroxylation sites is 1. The molecule has 0 fully saturated rings. The smallest absolute Gasteiger partial charge is 0.311 e. The Morgan fingerprint density at radius 1 is 1.24 bits per heavy atom. The van der Waals surface area contributed by atoms with Crippen LogP contribution < -0.4 is 5.32 Å². The number of ether oxygens (including phenoxy) is 1. The third-order valence-electron chi connectivity index (χ3n) is 4.04. The van der Waals surface area contributed by atoms with E-state index in [4.69, 9.17) is 4.74 Å². The summed E-state index contributed by atoms with van der Waals surface area (Å²) in [6, 6.07) is 9.79. The minimum atomic E-state index is -0.298. The zero-order chi connectivity index (χ0) is 20.8. The molecule has 0 unspecified atom stereocenters. The fourth-order valence-electron chi connectivity index (χ4n) is 2.74. The SMILES string of the molecule is CCOC(=O)Cc1csc(SCC(=O)Nc2c(C)nn(-c3ccccc3)c2C)n1. The summed E-state index contributed by atoms with van der Waals surface area (Å²) in [5.74, 6) is -0.202. The lowest BCUT2D eigenvalue weighted by molar-refractivity contribution is -0.142.